The number of fused-ring (bicyclic) bond motifs is 1. The molecule has 7 atom stereocenters. The largest absolute Gasteiger partial charge is 0.458 e. The zero-order valence-electron chi connectivity index (χ0n) is 22.0. The molecular formula is C27H41NO6S. The summed E-state index contributed by atoms with van der Waals surface area (Å²) in [6.07, 6.45) is 1.98. The van der Waals surface area contributed by atoms with Gasteiger partial charge in [-0.15, -0.1) is 11.3 Å². The summed E-state index contributed by atoms with van der Waals surface area (Å²) in [4.78, 5) is 30.6. The van der Waals surface area contributed by atoms with Crippen LogP contribution in [0.3, 0.4) is 0 Å². The number of aliphatic hydroxyl groups excluding tert-OH is 2. The number of aromatic nitrogens is 1. The molecule has 0 amide bonds. The number of carbonyl (C=O) groups is 2. The maximum absolute atomic E-state index is 13.2. The number of hydrogen-bond donors (Lipinski definition) is 2. The minimum Gasteiger partial charge on any atom is -0.458 e. The fourth-order valence-electron chi connectivity index (χ4n) is 5.07. The Morgan fingerprint density at radius 1 is 1.23 bits per heavy atom. The smallest absolute Gasteiger partial charge is 0.309 e. The number of rotatable bonds is 2. The minimum absolute atomic E-state index is 0.0455. The second-order valence-electron chi connectivity index (χ2n) is 11.3. The van der Waals surface area contributed by atoms with Crippen molar-refractivity contribution in [1.29, 1.82) is 0 Å². The number of ketones is 1. The number of hydrogen-bond acceptors (Lipinski definition) is 8. The molecule has 0 radical (unpaired) electrons. The first kappa shape index (κ1) is 28.0. The van der Waals surface area contributed by atoms with E-state index in [1.165, 1.54) is 0 Å². The minimum atomic E-state index is -1.23. The summed E-state index contributed by atoms with van der Waals surface area (Å²) in [6.45, 7) is 12.8. The zero-order chi connectivity index (χ0) is 26.1. The van der Waals surface area contributed by atoms with Crippen LogP contribution in [0.4, 0.5) is 0 Å². The van der Waals surface area contributed by atoms with Crippen molar-refractivity contribution in [2.75, 3.05) is 0 Å². The first-order chi connectivity index (χ1) is 16.2. The Hall–Kier alpha value is -1.61. The highest BCUT2D eigenvalue weighted by molar-refractivity contribution is 7.09. The Balaban J connectivity index is 1.85. The number of Topliss-reactive ketones (excluding diaryl/α,β-unsaturated/α-hetero) is 1. The van der Waals surface area contributed by atoms with Crippen LogP contribution in [0.25, 0.3) is 6.08 Å². The third-order valence-corrected chi connectivity index (χ3v) is 8.72. The van der Waals surface area contributed by atoms with Gasteiger partial charge in [0.1, 0.15) is 11.9 Å². The fourth-order valence-corrected chi connectivity index (χ4v) is 5.64. The SMILES string of the molecule is CC(=Cc1csc(C)n1)[C@@H]1C[C@H]2O[C@@]2(C)CCC[C@H](C)[C@H](O)[C@@H](C)C(=O)C(C)(C)[C@@H](O)CC(=O)O1. The second-order valence-corrected chi connectivity index (χ2v) is 12.3. The number of aliphatic hydroxyl groups is 2. The molecule has 2 aliphatic rings. The van der Waals surface area contributed by atoms with Crippen molar-refractivity contribution in [3.8, 4) is 0 Å². The molecule has 0 unspecified atom stereocenters. The number of ether oxygens (including phenoxy) is 2. The molecule has 3 heterocycles. The Bertz CT molecular complexity index is 955. The lowest BCUT2D eigenvalue weighted by molar-refractivity contribution is -0.154. The van der Waals surface area contributed by atoms with E-state index in [4.69, 9.17) is 9.47 Å². The first-order valence-electron chi connectivity index (χ1n) is 12.6. The van der Waals surface area contributed by atoms with Gasteiger partial charge in [0, 0.05) is 17.7 Å². The van der Waals surface area contributed by atoms with Crippen molar-refractivity contribution < 1.29 is 29.3 Å². The lowest BCUT2D eigenvalue weighted by atomic mass is 9.73. The fraction of sp³-hybridized carbons (Fsp3) is 0.741. The maximum atomic E-state index is 13.2. The molecule has 8 heteroatoms. The predicted octanol–water partition coefficient (Wildman–Crippen LogP) is 4.48. The van der Waals surface area contributed by atoms with E-state index in [9.17, 15) is 19.8 Å². The summed E-state index contributed by atoms with van der Waals surface area (Å²) >= 11 is 1.56. The van der Waals surface area contributed by atoms with Crippen molar-refractivity contribution in [3.63, 3.8) is 0 Å². The predicted molar refractivity (Wildman–Crippen MR) is 136 cm³/mol. The molecule has 3 rings (SSSR count). The van der Waals surface area contributed by atoms with Gasteiger partial charge in [0.05, 0.1) is 46.5 Å². The Morgan fingerprint density at radius 3 is 2.54 bits per heavy atom. The summed E-state index contributed by atoms with van der Waals surface area (Å²) in [5, 5.41) is 24.6. The zero-order valence-corrected chi connectivity index (χ0v) is 22.9. The summed E-state index contributed by atoms with van der Waals surface area (Å²) in [5.41, 5.74) is 0.179. The van der Waals surface area contributed by atoms with Crippen molar-refractivity contribution in [1.82, 2.24) is 4.98 Å². The molecular weight excluding hydrogens is 466 g/mol. The van der Waals surface area contributed by atoms with Gasteiger partial charge in [0.15, 0.2) is 0 Å². The molecule has 0 aromatic carbocycles. The lowest BCUT2D eigenvalue weighted by Gasteiger charge is -2.34. The molecule has 2 N–H and O–H groups in total. The van der Waals surface area contributed by atoms with Crippen LogP contribution in [0.2, 0.25) is 0 Å². The van der Waals surface area contributed by atoms with Gasteiger partial charge in [-0.05, 0) is 51.2 Å². The number of thiazole rings is 1. The molecule has 1 aromatic heterocycles. The average Bonchev–Trinajstić information content (AvgIpc) is 3.22. The number of nitrogens with zero attached hydrogens (tertiary/aromatic N) is 1. The van der Waals surface area contributed by atoms with Gasteiger partial charge in [-0.25, -0.2) is 4.98 Å². The Kier molecular flexibility index (Phi) is 8.62. The topological polar surface area (TPSA) is 109 Å². The highest BCUT2D eigenvalue weighted by Gasteiger charge is 2.53. The molecule has 7 nitrogen and oxygen atoms in total. The van der Waals surface area contributed by atoms with Crippen LogP contribution in [-0.4, -0.2) is 57.0 Å². The van der Waals surface area contributed by atoms with Gasteiger partial charge in [-0.3, -0.25) is 9.59 Å². The van der Waals surface area contributed by atoms with E-state index in [1.54, 1.807) is 32.1 Å². The quantitative estimate of drug-likeness (QED) is 0.449. The van der Waals surface area contributed by atoms with Crippen LogP contribution in [0.1, 0.15) is 84.3 Å². The van der Waals surface area contributed by atoms with Gasteiger partial charge >= 0.3 is 5.97 Å². The van der Waals surface area contributed by atoms with E-state index in [0.717, 1.165) is 35.5 Å². The molecule has 0 bridgehead atoms. The van der Waals surface area contributed by atoms with Gasteiger partial charge in [-0.2, -0.15) is 0 Å². The van der Waals surface area contributed by atoms with Crippen molar-refractivity contribution in [2.45, 2.75) is 111 Å². The summed E-state index contributed by atoms with van der Waals surface area (Å²) in [6, 6.07) is 0. The van der Waals surface area contributed by atoms with Gasteiger partial charge in [0.25, 0.3) is 0 Å². The highest BCUT2D eigenvalue weighted by atomic mass is 32.1. The molecule has 1 aromatic rings. The third kappa shape index (κ3) is 6.59. The molecule has 2 fully saturated rings. The van der Waals surface area contributed by atoms with E-state index >= 15 is 0 Å². The van der Waals surface area contributed by atoms with Crippen LogP contribution < -0.4 is 0 Å². The van der Waals surface area contributed by atoms with Crippen LogP contribution in [-0.2, 0) is 19.1 Å². The number of carbonyl (C=O) groups excluding carboxylic acids is 2. The molecule has 2 saturated heterocycles. The van der Waals surface area contributed by atoms with Crippen LogP contribution in [0.5, 0.6) is 0 Å². The first-order valence-corrected chi connectivity index (χ1v) is 13.5. The monoisotopic (exact) mass is 507 g/mol. The van der Waals surface area contributed by atoms with E-state index in [1.807, 2.05) is 32.2 Å². The van der Waals surface area contributed by atoms with E-state index in [2.05, 4.69) is 11.9 Å². The lowest BCUT2D eigenvalue weighted by Crippen LogP contribution is -2.45. The van der Waals surface area contributed by atoms with Crippen LogP contribution >= 0.6 is 11.3 Å². The Morgan fingerprint density at radius 2 is 1.91 bits per heavy atom. The molecule has 2 aliphatic heterocycles. The number of aryl methyl sites for hydroxylation is 1. The number of esters is 1. The molecule has 0 saturated carbocycles. The normalized spacial score (nSPS) is 37.5. The van der Waals surface area contributed by atoms with Crippen LogP contribution in [0.15, 0.2) is 11.0 Å². The van der Waals surface area contributed by atoms with Crippen molar-refractivity contribution in [2.24, 2.45) is 17.3 Å². The number of epoxide rings is 1. The van der Waals surface area contributed by atoms with Gasteiger partial charge in [-0.1, -0.05) is 34.1 Å². The summed E-state index contributed by atoms with van der Waals surface area (Å²) in [5.74, 6) is -1.55. The standard InChI is InChI=1S/C27H41NO6S/c1-15-9-8-10-27(7)22(34-27)12-20(16(2)11-19-14-35-18(4)28-19)33-23(30)13-21(29)26(5,6)25(32)17(3)24(15)31/h11,14-15,17,20-22,24,29,31H,8-10,12-13H2,1-7H3/t15-,17+,20-,21-,22+,24-,27-/m0/s1. The summed E-state index contributed by atoms with van der Waals surface area (Å²) < 4.78 is 11.9. The second kappa shape index (κ2) is 10.8. The van der Waals surface area contributed by atoms with E-state index < -0.39 is 35.6 Å². The molecule has 196 valence electrons. The summed E-state index contributed by atoms with van der Waals surface area (Å²) in [7, 11) is 0. The molecule has 0 aliphatic carbocycles. The van der Waals surface area contributed by atoms with Crippen molar-refractivity contribution >= 4 is 29.2 Å². The van der Waals surface area contributed by atoms with Gasteiger partial charge in [0.2, 0.25) is 0 Å². The van der Waals surface area contributed by atoms with Crippen LogP contribution in [0, 0.1) is 24.2 Å². The van der Waals surface area contributed by atoms with Crippen molar-refractivity contribution in [3.05, 3.63) is 21.7 Å². The molecule has 0 spiro atoms. The average molecular weight is 508 g/mol. The van der Waals surface area contributed by atoms with Gasteiger partial charge < -0.3 is 19.7 Å². The Labute approximate surface area is 212 Å². The highest BCUT2D eigenvalue weighted by Crippen LogP contribution is 2.45. The number of cyclic esters (lactones) is 1. The third-order valence-electron chi connectivity index (χ3n) is 7.93. The van der Waals surface area contributed by atoms with E-state index in [-0.39, 0.29) is 29.8 Å². The van der Waals surface area contributed by atoms with E-state index in [0.29, 0.717) is 6.42 Å². The molecule has 35 heavy (non-hydrogen) atoms. The maximum Gasteiger partial charge on any atom is 0.309 e.